The first kappa shape index (κ1) is 9.90. The van der Waals surface area contributed by atoms with Crippen molar-refractivity contribution in [1.29, 1.82) is 0 Å². The molecule has 17 heavy (non-hydrogen) atoms. The average molecular weight is 225 g/mol. The van der Waals surface area contributed by atoms with Crippen LogP contribution in [0.25, 0.3) is 22.1 Å². The van der Waals surface area contributed by atoms with Crippen LogP contribution in [0.1, 0.15) is 5.56 Å². The number of fused-ring (bicyclic) bond motifs is 1. The number of nitrogens with one attached hydrogen (secondary N) is 1. The van der Waals surface area contributed by atoms with Crippen molar-refractivity contribution in [2.24, 2.45) is 0 Å². The second kappa shape index (κ2) is 3.63. The molecule has 0 aliphatic rings. The minimum atomic E-state index is -0.186. The fourth-order valence-electron chi connectivity index (χ4n) is 1.88. The first-order chi connectivity index (χ1) is 8.24. The number of aromatic nitrogens is 1. The Morgan fingerprint density at radius 3 is 2.47 bits per heavy atom. The summed E-state index contributed by atoms with van der Waals surface area (Å²) in [6, 6.07) is 13.8. The summed E-state index contributed by atoms with van der Waals surface area (Å²) in [6.45, 7) is 2.05. The summed E-state index contributed by atoms with van der Waals surface area (Å²) in [5.41, 5.74) is 3.73. The second-order valence-corrected chi connectivity index (χ2v) is 4.11. The maximum Gasteiger partial charge on any atom is 0.287 e. The van der Waals surface area contributed by atoms with Gasteiger partial charge in [-0.3, -0.25) is 4.79 Å². The molecule has 0 unspecified atom stereocenters. The van der Waals surface area contributed by atoms with Crippen LogP contribution in [0.3, 0.4) is 0 Å². The first-order valence-corrected chi connectivity index (χ1v) is 5.42. The number of aromatic amines is 1. The highest BCUT2D eigenvalue weighted by Crippen LogP contribution is 2.22. The highest BCUT2D eigenvalue weighted by molar-refractivity contribution is 5.82. The van der Waals surface area contributed by atoms with E-state index in [1.807, 2.05) is 37.3 Å². The summed E-state index contributed by atoms with van der Waals surface area (Å²) in [6.07, 6.45) is 0. The van der Waals surface area contributed by atoms with Crippen LogP contribution in [0.4, 0.5) is 0 Å². The molecule has 0 saturated heterocycles. The Bertz CT molecular complexity index is 720. The monoisotopic (exact) mass is 225 g/mol. The van der Waals surface area contributed by atoms with Crippen LogP contribution in [-0.2, 0) is 0 Å². The Labute approximate surface area is 97.7 Å². The van der Waals surface area contributed by atoms with E-state index in [0.717, 1.165) is 11.1 Å². The zero-order chi connectivity index (χ0) is 11.8. The van der Waals surface area contributed by atoms with Gasteiger partial charge in [-0.25, -0.2) is 0 Å². The molecule has 84 valence electrons. The van der Waals surface area contributed by atoms with E-state index in [4.69, 9.17) is 4.52 Å². The third kappa shape index (κ3) is 1.65. The van der Waals surface area contributed by atoms with Crippen molar-refractivity contribution >= 4 is 11.0 Å². The molecule has 0 radical (unpaired) electrons. The van der Waals surface area contributed by atoms with Gasteiger partial charge in [0.25, 0.3) is 5.56 Å². The minimum Gasteiger partial charge on any atom is -0.378 e. The van der Waals surface area contributed by atoms with Crippen LogP contribution in [0.2, 0.25) is 0 Å². The summed E-state index contributed by atoms with van der Waals surface area (Å²) in [4.78, 5) is 11.5. The SMILES string of the molecule is Cc1ccc(-c2ccc3o[nH]c(=O)c3c2)cc1. The van der Waals surface area contributed by atoms with Crippen LogP contribution < -0.4 is 5.56 Å². The second-order valence-electron chi connectivity index (χ2n) is 4.11. The van der Waals surface area contributed by atoms with Crippen LogP contribution in [0.15, 0.2) is 51.8 Å². The molecule has 0 bridgehead atoms. The van der Waals surface area contributed by atoms with E-state index < -0.39 is 0 Å². The lowest BCUT2D eigenvalue weighted by Crippen LogP contribution is -1.96. The van der Waals surface area contributed by atoms with Crippen molar-refractivity contribution in [2.75, 3.05) is 0 Å². The average Bonchev–Trinajstić information content (AvgIpc) is 2.72. The van der Waals surface area contributed by atoms with E-state index in [1.165, 1.54) is 5.56 Å². The highest BCUT2D eigenvalue weighted by Gasteiger charge is 2.05. The van der Waals surface area contributed by atoms with Gasteiger partial charge in [-0.05, 0) is 30.2 Å². The number of hydrogen-bond donors (Lipinski definition) is 1. The van der Waals surface area contributed by atoms with Crippen molar-refractivity contribution in [2.45, 2.75) is 6.92 Å². The van der Waals surface area contributed by atoms with Crippen molar-refractivity contribution in [3.05, 3.63) is 58.4 Å². The van der Waals surface area contributed by atoms with Gasteiger partial charge >= 0.3 is 0 Å². The Hall–Kier alpha value is -2.29. The van der Waals surface area contributed by atoms with E-state index in [0.29, 0.717) is 11.0 Å². The number of H-pyrrole nitrogens is 1. The Balaban J connectivity index is 2.20. The van der Waals surface area contributed by atoms with Gasteiger partial charge in [0.05, 0.1) is 5.39 Å². The largest absolute Gasteiger partial charge is 0.378 e. The number of hydrogen-bond acceptors (Lipinski definition) is 2. The van der Waals surface area contributed by atoms with Crippen molar-refractivity contribution in [1.82, 2.24) is 5.16 Å². The summed E-state index contributed by atoms with van der Waals surface area (Å²) in [5, 5.41) is 2.92. The Morgan fingerprint density at radius 2 is 1.71 bits per heavy atom. The van der Waals surface area contributed by atoms with Gasteiger partial charge in [0.1, 0.15) is 0 Å². The van der Waals surface area contributed by atoms with Gasteiger partial charge in [0.15, 0.2) is 5.58 Å². The van der Waals surface area contributed by atoms with Crippen LogP contribution in [0, 0.1) is 6.92 Å². The molecule has 3 nitrogen and oxygen atoms in total. The van der Waals surface area contributed by atoms with E-state index in [9.17, 15) is 4.79 Å². The summed E-state index contributed by atoms with van der Waals surface area (Å²) < 4.78 is 5.02. The lowest BCUT2D eigenvalue weighted by molar-refractivity contribution is 0.449. The predicted octanol–water partition coefficient (Wildman–Crippen LogP) is 3.10. The maximum atomic E-state index is 11.5. The molecule has 0 aliphatic heterocycles. The highest BCUT2D eigenvalue weighted by atomic mass is 16.5. The molecule has 1 N–H and O–H groups in total. The molecule has 2 aromatic carbocycles. The van der Waals surface area contributed by atoms with Gasteiger partial charge < -0.3 is 4.52 Å². The number of rotatable bonds is 1. The van der Waals surface area contributed by atoms with E-state index in [1.54, 1.807) is 0 Å². The molecule has 0 atom stereocenters. The third-order valence-electron chi connectivity index (χ3n) is 2.86. The van der Waals surface area contributed by atoms with Gasteiger partial charge in [-0.1, -0.05) is 35.9 Å². The lowest BCUT2D eigenvalue weighted by atomic mass is 10.0. The quantitative estimate of drug-likeness (QED) is 0.691. The van der Waals surface area contributed by atoms with Crippen molar-refractivity contribution in [3.8, 4) is 11.1 Å². The Kier molecular flexibility index (Phi) is 2.11. The van der Waals surface area contributed by atoms with Crippen molar-refractivity contribution in [3.63, 3.8) is 0 Å². The zero-order valence-corrected chi connectivity index (χ0v) is 9.36. The smallest absolute Gasteiger partial charge is 0.287 e. The summed E-state index contributed by atoms with van der Waals surface area (Å²) in [5.74, 6) is 0. The maximum absolute atomic E-state index is 11.5. The molecule has 3 rings (SSSR count). The third-order valence-corrected chi connectivity index (χ3v) is 2.86. The zero-order valence-electron chi connectivity index (χ0n) is 9.36. The van der Waals surface area contributed by atoms with Gasteiger partial charge in [-0.2, -0.15) is 5.16 Å². The molecule has 0 saturated carbocycles. The molecule has 3 heteroatoms. The van der Waals surface area contributed by atoms with Crippen LogP contribution in [-0.4, -0.2) is 5.16 Å². The fourth-order valence-corrected chi connectivity index (χ4v) is 1.88. The molecule has 0 spiro atoms. The lowest BCUT2D eigenvalue weighted by Gasteiger charge is -2.01. The topological polar surface area (TPSA) is 46.0 Å². The van der Waals surface area contributed by atoms with Crippen molar-refractivity contribution < 1.29 is 4.52 Å². The molecule has 0 fully saturated rings. The predicted molar refractivity (Wildman–Crippen MR) is 67.0 cm³/mol. The van der Waals surface area contributed by atoms with E-state index in [-0.39, 0.29) is 5.56 Å². The van der Waals surface area contributed by atoms with Gasteiger partial charge in [-0.15, -0.1) is 0 Å². The molecular formula is C14H11NO2. The number of aryl methyl sites for hydroxylation is 1. The first-order valence-electron chi connectivity index (χ1n) is 5.42. The minimum absolute atomic E-state index is 0.186. The van der Waals surface area contributed by atoms with Gasteiger partial charge in [0.2, 0.25) is 0 Å². The molecule has 1 heterocycles. The fraction of sp³-hybridized carbons (Fsp3) is 0.0714. The molecule has 1 aromatic heterocycles. The van der Waals surface area contributed by atoms with E-state index in [2.05, 4.69) is 17.3 Å². The number of benzene rings is 2. The summed E-state index contributed by atoms with van der Waals surface area (Å²) in [7, 11) is 0. The van der Waals surface area contributed by atoms with Gasteiger partial charge in [0, 0.05) is 0 Å². The van der Waals surface area contributed by atoms with Crippen LogP contribution >= 0.6 is 0 Å². The molecular weight excluding hydrogens is 214 g/mol. The standard InChI is InChI=1S/C14H11NO2/c1-9-2-4-10(5-3-9)11-6-7-13-12(8-11)14(16)15-17-13/h2-8H,1H3,(H,15,16). The summed E-state index contributed by atoms with van der Waals surface area (Å²) >= 11 is 0. The van der Waals surface area contributed by atoms with Crippen LogP contribution in [0.5, 0.6) is 0 Å². The Morgan fingerprint density at radius 1 is 1.00 bits per heavy atom. The molecule has 0 aliphatic carbocycles. The van der Waals surface area contributed by atoms with E-state index >= 15 is 0 Å². The molecule has 0 amide bonds. The molecule has 3 aromatic rings. The normalized spacial score (nSPS) is 10.9.